The summed E-state index contributed by atoms with van der Waals surface area (Å²) >= 11 is 4.09. The van der Waals surface area contributed by atoms with E-state index in [1.165, 1.54) is 42.3 Å². The minimum absolute atomic E-state index is 0.220. The van der Waals surface area contributed by atoms with Crippen LogP contribution in [0.1, 0.15) is 33.1 Å². The number of nitrogens with one attached hydrogen (secondary N) is 1. The smallest absolute Gasteiger partial charge is 0.0795 e. The molecule has 0 radical (unpaired) electrons. The lowest BCUT2D eigenvalue weighted by Crippen LogP contribution is -2.49. The van der Waals surface area contributed by atoms with E-state index < -0.39 is 0 Å². The third-order valence-electron chi connectivity index (χ3n) is 3.65. The van der Waals surface area contributed by atoms with Crippen molar-refractivity contribution in [3.05, 3.63) is 0 Å². The van der Waals surface area contributed by atoms with Crippen LogP contribution in [-0.2, 0) is 4.74 Å². The Hall–Kier alpha value is 0.620. The Morgan fingerprint density at radius 3 is 3.18 bits per heavy atom. The lowest BCUT2D eigenvalue weighted by molar-refractivity contribution is -0.0708. The van der Waals surface area contributed by atoms with E-state index in [1.54, 1.807) is 0 Å². The molecule has 0 aromatic rings. The van der Waals surface area contributed by atoms with E-state index in [1.807, 2.05) is 11.8 Å². The van der Waals surface area contributed by atoms with Crippen molar-refractivity contribution in [3.8, 4) is 0 Å². The van der Waals surface area contributed by atoms with Gasteiger partial charge in [-0.25, -0.2) is 0 Å². The zero-order valence-electron chi connectivity index (χ0n) is 11.0. The maximum Gasteiger partial charge on any atom is 0.0795 e. The van der Waals surface area contributed by atoms with Crippen molar-refractivity contribution >= 4 is 23.5 Å². The van der Waals surface area contributed by atoms with Gasteiger partial charge in [0.05, 0.1) is 5.60 Å². The summed E-state index contributed by atoms with van der Waals surface area (Å²) in [4.78, 5) is 0. The topological polar surface area (TPSA) is 21.3 Å². The van der Waals surface area contributed by atoms with E-state index in [4.69, 9.17) is 4.74 Å². The summed E-state index contributed by atoms with van der Waals surface area (Å²) in [7, 11) is 0. The molecule has 2 nitrogen and oxygen atoms in total. The predicted octanol–water partition coefficient (Wildman–Crippen LogP) is 2.77. The summed E-state index contributed by atoms with van der Waals surface area (Å²) in [6.45, 7) is 5.50. The summed E-state index contributed by atoms with van der Waals surface area (Å²) in [6, 6.07) is 1.31. The average Bonchev–Trinajstić information content (AvgIpc) is 2.74. The van der Waals surface area contributed by atoms with Crippen LogP contribution in [0.4, 0.5) is 0 Å². The lowest BCUT2D eigenvalue weighted by Gasteiger charge is -2.39. The number of rotatable bonds is 5. The molecule has 100 valence electrons. The van der Waals surface area contributed by atoms with Crippen LogP contribution in [0.15, 0.2) is 0 Å². The van der Waals surface area contributed by atoms with Crippen LogP contribution in [0.2, 0.25) is 0 Å². The summed E-state index contributed by atoms with van der Waals surface area (Å²) in [6.07, 6.45) is 3.67. The molecule has 2 aliphatic heterocycles. The molecule has 2 rings (SSSR count). The maximum absolute atomic E-state index is 6.05. The van der Waals surface area contributed by atoms with Crippen LogP contribution in [0, 0.1) is 0 Å². The van der Waals surface area contributed by atoms with E-state index in [0.717, 1.165) is 6.61 Å². The highest BCUT2D eigenvalue weighted by Crippen LogP contribution is 2.38. The van der Waals surface area contributed by atoms with Gasteiger partial charge in [-0.05, 0) is 37.7 Å². The van der Waals surface area contributed by atoms with E-state index in [-0.39, 0.29) is 5.60 Å². The highest BCUT2D eigenvalue weighted by atomic mass is 32.2. The molecule has 2 fully saturated rings. The molecule has 0 saturated carbocycles. The highest BCUT2D eigenvalue weighted by Gasteiger charge is 2.40. The molecule has 2 saturated heterocycles. The van der Waals surface area contributed by atoms with Crippen molar-refractivity contribution in [3.63, 3.8) is 0 Å². The molecule has 3 unspecified atom stereocenters. The van der Waals surface area contributed by atoms with Crippen LogP contribution in [-0.4, -0.2) is 47.3 Å². The minimum Gasteiger partial charge on any atom is -0.374 e. The summed E-state index contributed by atoms with van der Waals surface area (Å²) in [5.74, 6) is 4.95. The van der Waals surface area contributed by atoms with Gasteiger partial charge in [-0.2, -0.15) is 23.5 Å². The Balaban J connectivity index is 1.77. The molecule has 1 spiro atoms. The van der Waals surface area contributed by atoms with Gasteiger partial charge < -0.3 is 10.1 Å². The van der Waals surface area contributed by atoms with E-state index >= 15 is 0 Å². The van der Waals surface area contributed by atoms with Crippen molar-refractivity contribution in [2.24, 2.45) is 0 Å². The molecule has 0 aromatic heterocycles. The first-order valence-electron chi connectivity index (χ1n) is 6.79. The molecule has 1 N–H and O–H groups in total. The summed E-state index contributed by atoms with van der Waals surface area (Å²) in [5, 5.41) is 3.79. The Morgan fingerprint density at radius 1 is 1.59 bits per heavy atom. The van der Waals surface area contributed by atoms with Crippen molar-refractivity contribution in [1.29, 1.82) is 0 Å². The van der Waals surface area contributed by atoms with Gasteiger partial charge in [-0.15, -0.1) is 0 Å². The zero-order valence-corrected chi connectivity index (χ0v) is 12.7. The van der Waals surface area contributed by atoms with E-state index in [9.17, 15) is 0 Å². The first-order chi connectivity index (χ1) is 8.24. The largest absolute Gasteiger partial charge is 0.374 e. The maximum atomic E-state index is 6.05. The van der Waals surface area contributed by atoms with Crippen LogP contribution in [0.5, 0.6) is 0 Å². The van der Waals surface area contributed by atoms with Gasteiger partial charge >= 0.3 is 0 Å². The Kier molecular flexibility index (Phi) is 5.52. The first-order valence-corrected chi connectivity index (χ1v) is 9.10. The van der Waals surface area contributed by atoms with Gasteiger partial charge in [0.1, 0.15) is 0 Å². The fourth-order valence-electron chi connectivity index (χ4n) is 2.78. The lowest BCUT2D eigenvalue weighted by atomic mass is 9.89. The molecule has 4 heteroatoms. The van der Waals surface area contributed by atoms with E-state index in [0.29, 0.717) is 12.1 Å². The predicted molar refractivity (Wildman–Crippen MR) is 79.2 cm³/mol. The van der Waals surface area contributed by atoms with Crippen LogP contribution in [0.25, 0.3) is 0 Å². The van der Waals surface area contributed by atoms with E-state index in [2.05, 4.69) is 30.9 Å². The summed E-state index contributed by atoms with van der Waals surface area (Å²) < 4.78 is 6.05. The zero-order chi connectivity index (χ0) is 12.1. The van der Waals surface area contributed by atoms with Gasteiger partial charge in [0.15, 0.2) is 0 Å². The molecular weight excluding hydrogens is 250 g/mol. The highest BCUT2D eigenvalue weighted by molar-refractivity contribution is 7.99. The van der Waals surface area contributed by atoms with Crippen LogP contribution in [0.3, 0.4) is 0 Å². The number of ether oxygens (including phenoxy) is 1. The minimum atomic E-state index is 0.220. The Bertz CT molecular complexity index is 231. The second kappa shape index (κ2) is 6.69. The monoisotopic (exact) mass is 275 g/mol. The standard InChI is InChI=1S/C13H25NOS2/c1-3-16-9-11(2)14-12-4-6-15-13(8-12)5-7-17-10-13/h11-12,14H,3-10H2,1-2H3. The SMILES string of the molecule is CCSCC(C)NC1CCOC2(CCSC2)C1. The normalized spacial score (nSPS) is 35.3. The molecule has 0 aliphatic carbocycles. The Morgan fingerprint density at radius 2 is 2.47 bits per heavy atom. The molecular formula is C13H25NOS2. The van der Waals surface area contributed by atoms with Crippen molar-refractivity contribution in [1.82, 2.24) is 5.32 Å². The molecule has 17 heavy (non-hydrogen) atoms. The van der Waals surface area contributed by atoms with Gasteiger partial charge in [0, 0.05) is 30.2 Å². The quantitative estimate of drug-likeness (QED) is 0.832. The number of hydrogen-bond acceptors (Lipinski definition) is 4. The fourth-order valence-corrected chi connectivity index (χ4v) is 4.84. The van der Waals surface area contributed by atoms with Crippen molar-refractivity contribution < 1.29 is 4.74 Å². The second-order valence-electron chi connectivity index (χ2n) is 5.25. The van der Waals surface area contributed by atoms with Crippen LogP contribution < -0.4 is 5.32 Å². The second-order valence-corrected chi connectivity index (χ2v) is 7.68. The first kappa shape index (κ1) is 14.0. The van der Waals surface area contributed by atoms with Crippen molar-refractivity contribution in [2.45, 2.75) is 50.8 Å². The molecule has 0 bridgehead atoms. The third kappa shape index (κ3) is 4.05. The molecule has 2 aliphatic rings. The average molecular weight is 275 g/mol. The number of hydrogen-bond donors (Lipinski definition) is 1. The molecule has 3 atom stereocenters. The fraction of sp³-hybridized carbons (Fsp3) is 1.00. The molecule has 2 heterocycles. The number of thioether (sulfide) groups is 2. The molecule has 0 aromatic carbocycles. The van der Waals surface area contributed by atoms with Crippen molar-refractivity contribution in [2.75, 3.05) is 29.6 Å². The summed E-state index contributed by atoms with van der Waals surface area (Å²) in [5.41, 5.74) is 0.220. The Labute approximate surface area is 114 Å². The van der Waals surface area contributed by atoms with Crippen LogP contribution >= 0.6 is 23.5 Å². The van der Waals surface area contributed by atoms with Gasteiger partial charge in [0.2, 0.25) is 0 Å². The third-order valence-corrected chi connectivity index (χ3v) is 6.02. The van der Waals surface area contributed by atoms with Gasteiger partial charge in [0.25, 0.3) is 0 Å². The van der Waals surface area contributed by atoms with Gasteiger partial charge in [-0.3, -0.25) is 0 Å². The van der Waals surface area contributed by atoms with Gasteiger partial charge in [-0.1, -0.05) is 6.92 Å². The molecule has 0 amide bonds.